The number of aromatic nitrogens is 3. The number of hydrogen-bond acceptors (Lipinski definition) is 3. The Kier molecular flexibility index (Phi) is 5.18. The summed E-state index contributed by atoms with van der Waals surface area (Å²) in [5.41, 5.74) is 3.18. The Morgan fingerprint density at radius 3 is 2.34 bits per heavy atom. The number of rotatable bonds is 4. The highest BCUT2D eigenvalue weighted by Gasteiger charge is 2.39. The average Bonchev–Trinajstić information content (AvgIpc) is 3.17. The van der Waals surface area contributed by atoms with Crippen molar-refractivity contribution in [2.24, 2.45) is 5.92 Å². The van der Waals surface area contributed by atoms with Crippen molar-refractivity contribution in [3.63, 3.8) is 0 Å². The number of carbonyl (C=O) groups excluding carboxylic acids is 1. The molecule has 2 aromatic carbocycles. The van der Waals surface area contributed by atoms with E-state index in [1.54, 1.807) is 21.7 Å². The first kappa shape index (κ1) is 19.3. The fourth-order valence-corrected chi connectivity index (χ4v) is 3.96. The molecule has 150 valence electrons. The number of carbonyl (C=O) groups is 1. The molecule has 0 saturated heterocycles. The number of halogens is 1. The Bertz CT molecular complexity index is 994. The van der Waals surface area contributed by atoms with Crippen molar-refractivity contribution >= 4 is 11.9 Å². The van der Waals surface area contributed by atoms with Gasteiger partial charge in [0, 0.05) is 6.42 Å². The molecule has 5 nitrogen and oxygen atoms in total. The Morgan fingerprint density at radius 1 is 1.07 bits per heavy atom. The molecule has 0 saturated carbocycles. The van der Waals surface area contributed by atoms with Crippen LogP contribution in [0.25, 0.3) is 0 Å². The minimum absolute atomic E-state index is 0.0392. The van der Waals surface area contributed by atoms with Crippen molar-refractivity contribution in [2.75, 3.05) is 4.90 Å². The molecule has 1 aromatic heterocycles. The van der Waals surface area contributed by atoms with Gasteiger partial charge in [0.25, 0.3) is 0 Å². The lowest BCUT2D eigenvalue weighted by molar-refractivity contribution is -0.120. The molecule has 0 N–H and O–H groups in total. The van der Waals surface area contributed by atoms with E-state index in [9.17, 15) is 9.18 Å². The number of fused-ring (bicyclic) bond motifs is 1. The van der Waals surface area contributed by atoms with Gasteiger partial charge >= 0.3 is 0 Å². The summed E-state index contributed by atoms with van der Waals surface area (Å²) in [7, 11) is 0. The van der Waals surface area contributed by atoms with Crippen LogP contribution >= 0.6 is 0 Å². The molecule has 1 amide bonds. The third-order valence-electron chi connectivity index (χ3n) is 5.39. The lowest BCUT2D eigenvalue weighted by Gasteiger charge is -2.39. The van der Waals surface area contributed by atoms with Gasteiger partial charge in [-0.2, -0.15) is 10.1 Å². The number of amides is 1. The Hall–Kier alpha value is -3.02. The molecule has 3 aromatic rings. The van der Waals surface area contributed by atoms with E-state index in [2.05, 4.69) is 34.3 Å². The Labute approximate surface area is 170 Å². The normalized spacial score (nSPS) is 18.7. The molecule has 0 aliphatic carbocycles. The van der Waals surface area contributed by atoms with Crippen molar-refractivity contribution in [3.05, 3.63) is 77.4 Å². The molecule has 2 atom stereocenters. The van der Waals surface area contributed by atoms with Gasteiger partial charge in [0.2, 0.25) is 11.9 Å². The van der Waals surface area contributed by atoms with Crippen molar-refractivity contribution < 1.29 is 9.18 Å². The summed E-state index contributed by atoms with van der Waals surface area (Å²) in [6.45, 7) is 6.12. The lowest BCUT2D eigenvalue weighted by Crippen LogP contribution is -2.43. The van der Waals surface area contributed by atoms with Crippen LogP contribution in [0.3, 0.4) is 0 Å². The quantitative estimate of drug-likeness (QED) is 0.638. The lowest BCUT2D eigenvalue weighted by atomic mass is 9.91. The van der Waals surface area contributed by atoms with Crippen LogP contribution in [-0.4, -0.2) is 20.7 Å². The van der Waals surface area contributed by atoms with Crippen LogP contribution in [0.2, 0.25) is 0 Å². The molecule has 2 unspecified atom stereocenters. The maximum Gasteiger partial charge on any atom is 0.231 e. The smallest absolute Gasteiger partial charge is 0.231 e. The zero-order valence-corrected chi connectivity index (χ0v) is 16.9. The van der Waals surface area contributed by atoms with Gasteiger partial charge in [-0.05, 0) is 42.5 Å². The van der Waals surface area contributed by atoms with Crippen molar-refractivity contribution in [2.45, 2.75) is 45.7 Å². The van der Waals surface area contributed by atoms with E-state index in [0.29, 0.717) is 18.8 Å². The van der Waals surface area contributed by atoms with Gasteiger partial charge in [-0.1, -0.05) is 55.8 Å². The summed E-state index contributed by atoms with van der Waals surface area (Å²) in [4.78, 5) is 19.4. The highest BCUT2D eigenvalue weighted by molar-refractivity contribution is 5.93. The zero-order valence-electron chi connectivity index (χ0n) is 16.9. The van der Waals surface area contributed by atoms with E-state index in [1.807, 2.05) is 20.8 Å². The van der Waals surface area contributed by atoms with E-state index in [4.69, 9.17) is 0 Å². The number of hydrogen-bond donors (Lipinski definition) is 0. The van der Waals surface area contributed by atoms with Gasteiger partial charge in [0.1, 0.15) is 12.1 Å². The van der Waals surface area contributed by atoms with Crippen molar-refractivity contribution in [3.8, 4) is 0 Å². The summed E-state index contributed by atoms with van der Waals surface area (Å²) in [6, 6.07) is 14.5. The molecular formula is C23H25FN4O. The highest BCUT2D eigenvalue weighted by atomic mass is 19.1. The monoisotopic (exact) mass is 392 g/mol. The fourth-order valence-electron chi connectivity index (χ4n) is 3.96. The van der Waals surface area contributed by atoms with Crippen LogP contribution in [0.15, 0.2) is 54.9 Å². The van der Waals surface area contributed by atoms with Gasteiger partial charge in [-0.15, -0.1) is 0 Å². The summed E-state index contributed by atoms with van der Waals surface area (Å²) in [6.07, 6.45) is 2.57. The van der Waals surface area contributed by atoms with Gasteiger partial charge in [-0.3, -0.25) is 9.69 Å². The number of aryl methyl sites for hydroxylation is 1. The van der Waals surface area contributed by atoms with E-state index in [-0.39, 0.29) is 29.7 Å². The molecule has 0 spiro atoms. The standard InChI is InChI=1S/C23H25FN4O/c1-15(2)12-22(29)27-20(17-6-4-16(3)5-7-17)13-21(28-23(27)25-14-26-28)18-8-10-19(24)11-9-18/h4-11,14-15,20-21H,12-13H2,1-3H3. The second kappa shape index (κ2) is 7.78. The summed E-state index contributed by atoms with van der Waals surface area (Å²) in [5, 5.41) is 4.41. The first-order valence-corrected chi connectivity index (χ1v) is 9.97. The number of nitrogens with zero attached hydrogens (tertiary/aromatic N) is 4. The van der Waals surface area contributed by atoms with E-state index < -0.39 is 0 Å². The first-order valence-electron chi connectivity index (χ1n) is 9.97. The Morgan fingerprint density at radius 2 is 1.69 bits per heavy atom. The minimum atomic E-state index is -0.271. The Balaban J connectivity index is 1.81. The molecule has 1 aliphatic heterocycles. The van der Waals surface area contributed by atoms with Gasteiger partial charge in [0.05, 0.1) is 12.1 Å². The molecule has 0 radical (unpaired) electrons. The SMILES string of the molecule is Cc1ccc(C2CC(c3ccc(F)cc3)n3ncnc3N2C(=O)CC(C)C)cc1. The molecule has 29 heavy (non-hydrogen) atoms. The van der Waals surface area contributed by atoms with Crippen LogP contribution < -0.4 is 4.90 Å². The number of benzene rings is 2. The van der Waals surface area contributed by atoms with Crippen molar-refractivity contribution in [1.29, 1.82) is 0 Å². The largest absolute Gasteiger partial charge is 0.274 e. The van der Waals surface area contributed by atoms with Gasteiger partial charge in [0.15, 0.2) is 0 Å². The molecule has 0 bridgehead atoms. The van der Waals surface area contributed by atoms with Crippen molar-refractivity contribution in [1.82, 2.24) is 14.8 Å². The maximum absolute atomic E-state index is 13.5. The van der Waals surface area contributed by atoms with E-state index >= 15 is 0 Å². The van der Waals surface area contributed by atoms with E-state index in [0.717, 1.165) is 11.1 Å². The topological polar surface area (TPSA) is 51.0 Å². The third kappa shape index (κ3) is 3.79. The number of anilines is 1. The predicted molar refractivity (Wildman–Crippen MR) is 110 cm³/mol. The van der Waals surface area contributed by atoms with Crippen LogP contribution in [0.1, 0.15) is 55.5 Å². The fraction of sp³-hybridized carbons (Fsp3) is 0.348. The van der Waals surface area contributed by atoms with Crippen LogP contribution in [0.4, 0.5) is 10.3 Å². The van der Waals surface area contributed by atoms with Crippen LogP contribution in [0.5, 0.6) is 0 Å². The molecule has 2 heterocycles. The average molecular weight is 392 g/mol. The van der Waals surface area contributed by atoms with Crippen LogP contribution in [0, 0.1) is 18.7 Å². The maximum atomic E-state index is 13.5. The first-order chi connectivity index (χ1) is 13.9. The zero-order chi connectivity index (χ0) is 20.5. The molecule has 6 heteroatoms. The van der Waals surface area contributed by atoms with Gasteiger partial charge < -0.3 is 0 Å². The molecule has 1 aliphatic rings. The van der Waals surface area contributed by atoms with E-state index in [1.165, 1.54) is 24.0 Å². The summed E-state index contributed by atoms with van der Waals surface area (Å²) < 4.78 is 15.3. The van der Waals surface area contributed by atoms with Crippen LogP contribution in [-0.2, 0) is 4.79 Å². The minimum Gasteiger partial charge on any atom is -0.274 e. The summed E-state index contributed by atoms with van der Waals surface area (Å²) in [5.74, 6) is 0.554. The second-order valence-electron chi connectivity index (χ2n) is 8.10. The highest BCUT2D eigenvalue weighted by Crippen LogP contribution is 2.42. The van der Waals surface area contributed by atoms with Gasteiger partial charge in [-0.25, -0.2) is 9.07 Å². The second-order valence-corrected chi connectivity index (χ2v) is 8.10. The molecule has 0 fully saturated rings. The molecular weight excluding hydrogens is 367 g/mol. The third-order valence-corrected chi connectivity index (χ3v) is 5.39. The molecule has 4 rings (SSSR count). The summed E-state index contributed by atoms with van der Waals surface area (Å²) >= 11 is 0. The predicted octanol–water partition coefficient (Wildman–Crippen LogP) is 4.84.